The molecule has 1 aromatic carbocycles. The van der Waals surface area contributed by atoms with Crippen molar-refractivity contribution in [3.05, 3.63) is 54.1 Å². The maximum absolute atomic E-state index is 10.2. The largest absolute Gasteiger partial charge is 0.390 e. The number of imidazole rings is 1. The van der Waals surface area contributed by atoms with Crippen molar-refractivity contribution in [2.75, 3.05) is 6.54 Å². The Morgan fingerprint density at radius 1 is 1.30 bits per heavy atom. The molecule has 1 saturated heterocycles. The van der Waals surface area contributed by atoms with Crippen LogP contribution in [0.2, 0.25) is 0 Å². The van der Waals surface area contributed by atoms with Gasteiger partial charge in [0.1, 0.15) is 0 Å². The monoisotopic (exact) mass is 269 g/mol. The molecule has 4 nitrogen and oxygen atoms in total. The quantitative estimate of drug-likeness (QED) is 0.857. The molecule has 1 aliphatic carbocycles. The summed E-state index contributed by atoms with van der Waals surface area (Å²) in [6.07, 6.45) is 7.47. The molecule has 4 atom stereocenters. The van der Waals surface area contributed by atoms with Crippen molar-refractivity contribution in [2.24, 2.45) is 0 Å². The Hall–Kier alpha value is -1.65. The summed E-state index contributed by atoms with van der Waals surface area (Å²) < 4.78 is 1.94. The summed E-state index contributed by atoms with van der Waals surface area (Å²) in [5.74, 6) is 0. The zero-order chi connectivity index (χ0) is 13.5. The SMILES string of the molecule is OC(CN1C2CCc3ccccc3C21)Cn1ccnc1. The average molecular weight is 269 g/mol. The van der Waals surface area contributed by atoms with E-state index in [1.54, 1.807) is 12.5 Å². The molecule has 1 aromatic heterocycles. The third kappa shape index (κ3) is 2.05. The van der Waals surface area contributed by atoms with Crippen molar-refractivity contribution in [3.63, 3.8) is 0 Å². The van der Waals surface area contributed by atoms with Gasteiger partial charge in [-0.25, -0.2) is 4.98 Å². The van der Waals surface area contributed by atoms with E-state index in [0.717, 1.165) is 6.54 Å². The molecule has 1 aliphatic heterocycles. The van der Waals surface area contributed by atoms with Crippen LogP contribution in [0.5, 0.6) is 0 Å². The predicted octanol–water partition coefficient (Wildman–Crippen LogP) is 1.62. The summed E-state index contributed by atoms with van der Waals surface area (Å²) in [6, 6.07) is 9.91. The molecule has 0 radical (unpaired) electrons. The van der Waals surface area contributed by atoms with Crippen molar-refractivity contribution in [2.45, 2.75) is 37.6 Å². The Labute approximate surface area is 118 Å². The topological polar surface area (TPSA) is 41.1 Å². The molecule has 0 saturated carbocycles. The molecular weight excluding hydrogens is 250 g/mol. The van der Waals surface area contributed by atoms with Gasteiger partial charge in [0, 0.05) is 25.0 Å². The molecule has 104 valence electrons. The summed E-state index contributed by atoms with van der Waals surface area (Å²) in [4.78, 5) is 6.45. The van der Waals surface area contributed by atoms with E-state index in [1.165, 1.54) is 24.0 Å². The lowest BCUT2D eigenvalue weighted by Gasteiger charge is -2.13. The van der Waals surface area contributed by atoms with E-state index in [2.05, 4.69) is 34.1 Å². The zero-order valence-electron chi connectivity index (χ0n) is 11.4. The molecule has 2 heterocycles. The zero-order valence-corrected chi connectivity index (χ0v) is 11.4. The van der Waals surface area contributed by atoms with Crippen LogP contribution in [0.4, 0.5) is 0 Å². The molecule has 0 amide bonds. The summed E-state index contributed by atoms with van der Waals surface area (Å²) in [6.45, 7) is 1.37. The smallest absolute Gasteiger partial charge is 0.0946 e. The van der Waals surface area contributed by atoms with Crippen LogP contribution in [0, 0.1) is 0 Å². The number of fused-ring (bicyclic) bond motifs is 3. The summed E-state index contributed by atoms with van der Waals surface area (Å²) in [7, 11) is 0. The first-order chi connectivity index (χ1) is 9.83. The Morgan fingerprint density at radius 2 is 2.20 bits per heavy atom. The lowest BCUT2D eigenvalue weighted by atomic mass is 9.92. The van der Waals surface area contributed by atoms with E-state index in [1.807, 2.05) is 10.8 Å². The normalized spacial score (nSPS) is 28.6. The molecule has 4 heteroatoms. The van der Waals surface area contributed by atoms with Crippen LogP contribution in [0.3, 0.4) is 0 Å². The number of β-amino-alcohol motifs (C(OH)–C–C–N with tert-alkyl or cyclic N) is 1. The highest BCUT2D eigenvalue weighted by atomic mass is 16.3. The summed E-state index contributed by atoms with van der Waals surface area (Å²) in [5, 5.41) is 10.2. The molecule has 4 unspecified atom stereocenters. The van der Waals surface area contributed by atoms with Gasteiger partial charge < -0.3 is 9.67 Å². The summed E-state index contributed by atoms with van der Waals surface area (Å²) in [5.41, 5.74) is 2.96. The fourth-order valence-corrected chi connectivity index (χ4v) is 3.58. The van der Waals surface area contributed by atoms with Crippen LogP contribution in [0.25, 0.3) is 0 Å². The van der Waals surface area contributed by atoms with Gasteiger partial charge in [0.05, 0.1) is 25.0 Å². The number of aliphatic hydroxyl groups is 1. The molecule has 2 aliphatic rings. The van der Waals surface area contributed by atoms with Crippen LogP contribution in [0.15, 0.2) is 43.0 Å². The van der Waals surface area contributed by atoms with E-state index in [9.17, 15) is 5.11 Å². The highest BCUT2D eigenvalue weighted by molar-refractivity contribution is 5.38. The number of rotatable bonds is 4. The molecular formula is C16H19N3O. The fourth-order valence-electron chi connectivity index (χ4n) is 3.58. The lowest BCUT2D eigenvalue weighted by molar-refractivity contribution is 0.129. The maximum atomic E-state index is 10.2. The number of hydrogen-bond donors (Lipinski definition) is 1. The highest BCUT2D eigenvalue weighted by Gasteiger charge is 2.51. The Kier molecular flexibility index (Phi) is 2.86. The molecule has 1 N–H and O–H groups in total. The maximum Gasteiger partial charge on any atom is 0.0946 e. The number of aliphatic hydroxyl groups excluding tert-OH is 1. The van der Waals surface area contributed by atoms with Gasteiger partial charge in [-0.3, -0.25) is 4.90 Å². The van der Waals surface area contributed by atoms with Gasteiger partial charge in [-0.15, -0.1) is 0 Å². The van der Waals surface area contributed by atoms with Crippen molar-refractivity contribution in [3.8, 4) is 0 Å². The summed E-state index contributed by atoms with van der Waals surface area (Å²) >= 11 is 0. The first-order valence-corrected chi connectivity index (χ1v) is 7.30. The molecule has 4 rings (SSSR count). The second kappa shape index (κ2) is 4.72. The van der Waals surface area contributed by atoms with Crippen molar-refractivity contribution < 1.29 is 5.11 Å². The van der Waals surface area contributed by atoms with Crippen LogP contribution in [-0.2, 0) is 13.0 Å². The second-order valence-electron chi connectivity index (χ2n) is 5.86. The van der Waals surface area contributed by atoms with Crippen LogP contribution in [0.1, 0.15) is 23.6 Å². The van der Waals surface area contributed by atoms with E-state index in [4.69, 9.17) is 0 Å². The van der Waals surface area contributed by atoms with Crippen LogP contribution < -0.4 is 0 Å². The van der Waals surface area contributed by atoms with Gasteiger partial charge in [-0.05, 0) is 24.0 Å². The third-order valence-electron chi connectivity index (χ3n) is 4.54. The predicted molar refractivity (Wildman–Crippen MR) is 76.2 cm³/mol. The number of hydrogen-bond acceptors (Lipinski definition) is 3. The van der Waals surface area contributed by atoms with Gasteiger partial charge in [-0.1, -0.05) is 24.3 Å². The van der Waals surface area contributed by atoms with E-state index in [-0.39, 0.29) is 6.10 Å². The Balaban J connectivity index is 1.43. The van der Waals surface area contributed by atoms with E-state index >= 15 is 0 Å². The second-order valence-corrected chi connectivity index (χ2v) is 5.86. The van der Waals surface area contributed by atoms with Gasteiger partial charge in [0.15, 0.2) is 0 Å². The molecule has 0 bridgehead atoms. The minimum atomic E-state index is -0.332. The number of aryl methyl sites for hydroxylation is 1. The Bertz CT molecular complexity index is 596. The van der Waals surface area contributed by atoms with E-state index < -0.39 is 0 Å². The van der Waals surface area contributed by atoms with Gasteiger partial charge >= 0.3 is 0 Å². The van der Waals surface area contributed by atoms with Crippen LogP contribution in [-0.4, -0.2) is 38.2 Å². The minimum Gasteiger partial charge on any atom is -0.390 e. The molecule has 0 spiro atoms. The first kappa shape index (κ1) is 12.1. The van der Waals surface area contributed by atoms with Crippen LogP contribution >= 0.6 is 0 Å². The minimum absolute atomic E-state index is 0.332. The molecule has 2 aromatic rings. The van der Waals surface area contributed by atoms with Crippen molar-refractivity contribution >= 4 is 0 Å². The standard InChI is InChI=1S/C16H19N3O/c20-13(9-18-8-7-17-11-18)10-19-15-6-5-12-3-1-2-4-14(12)16(15)19/h1-4,7-8,11,13,15-16,20H,5-6,9-10H2. The first-order valence-electron chi connectivity index (χ1n) is 7.30. The number of aromatic nitrogens is 2. The van der Waals surface area contributed by atoms with Gasteiger partial charge in [0.2, 0.25) is 0 Å². The highest BCUT2D eigenvalue weighted by Crippen LogP contribution is 2.49. The lowest BCUT2D eigenvalue weighted by Crippen LogP contribution is -2.25. The van der Waals surface area contributed by atoms with Gasteiger partial charge in [-0.2, -0.15) is 0 Å². The third-order valence-corrected chi connectivity index (χ3v) is 4.54. The van der Waals surface area contributed by atoms with E-state index in [0.29, 0.717) is 18.6 Å². The molecule has 1 fully saturated rings. The Morgan fingerprint density at radius 3 is 3.05 bits per heavy atom. The van der Waals surface area contributed by atoms with Crippen molar-refractivity contribution in [1.82, 2.24) is 14.5 Å². The molecule has 20 heavy (non-hydrogen) atoms. The van der Waals surface area contributed by atoms with Gasteiger partial charge in [0.25, 0.3) is 0 Å². The fraction of sp³-hybridized carbons (Fsp3) is 0.438. The number of nitrogens with zero attached hydrogens (tertiary/aromatic N) is 3. The van der Waals surface area contributed by atoms with Crippen molar-refractivity contribution in [1.29, 1.82) is 0 Å². The average Bonchev–Trinajstić information content (AvgIpc) is 2.91. The number of benzene rings is 1.